The van der Waals surface area contributed by atoms with Crippen LogP contribution in [0.2, 0.25) is 0 Å². The zero-order chi connectivity index (χ0) is 18.1. The first-order valence-corrected chi connectivity index (χ1v) is 9.21. The molecule has 1 heteroatoms. The van der Waals surface area contributed by atoms with Gasteiger partial charge in [0.05, 0.1) is 0 Å². The van der Waals surface area contributed by atoms with Crippen LogP contribution in [0.3, 0.4) is 0 Å². The summed E-state index contributed by atoms with van der Waals surface area (Å²) in [5.41, 5.74) is 8.47. The summed E-state index contributed by atoms with van der Waals surface area (Å²) >= 11 is 0. The molecule has 5 aromatic rings. The lowest BCUT2D eigenvalue weighted by Crippen LogP contribution is -1.80. The van der Waals surface area contributed by atoms with Crippen molar-refractivity contribution in [1.82, 2.24) is 4.98 Å². The Balaban J connectivity index is 1.50. The van der Waals surface area contributed by atoms with Crippen LogP contribution < -0.4 is 0 Å². The SMILES string of the molecule is c1ccc(-c2ccc(-c3cc4ccc(-c5ccccc5)cc4[nH]3)cc2)cc1. The highest BCUT2D eigenvalue weighted by molar-refractivity contribution is 5.89. The normalized spacial score (nSPS) is 11.0. The number of hydrogen-bond acceptors (Lipinski definition) is 0. The van der Waals surface area contributed by atoms with E-state index in [1.807, 2.05) is 12.1 Å². The molecule has 0 aliphatic carbocycles. The molecule has 1 aromatic heterocycles. The van der Waals surface area contributed by atoms with Gasteiger partial charge < -0.3 is 4.98 Å². The average Bonchev–Trinajstić information content (AvgIpc) is 3.18. The average molecular weight is 345 g/mol. The highest BCUT2D eigenvalue weighted by Gasteiger charge is 2.06. The van der Waals surface area contributed by atoms with Gasteiger partial charge in [-0.3, -0.25) is 0 Å². The maximum Gasteiger partial charge on any atom is 0.0465 e. The quantitative estimate of drug-likeness (QED) is 0.357. The van der Waals surface area contributed by atoms with Crippen LogP contribution in [0.1, 0.15) is 0 Å². The van der Waals surface area contributed by atoms with Crippen molar-refractivity contribution in [1.29, 1.82) is 0 Å². The van der Waals surface area contributed by atoms with E-state index in [0.29, 0.717) is 0 Å². The lowest BCUT2D eigenvalue weighted by atomic mass is 10.0. The number of rotatable bonds is 3. The van der Waals surface area contributed by atoms with E-state index in [4.69, 9.17) is 0 Å². The Morgan fingerprint density at radius 1 is 0.407 bits per heavy atom. The number of nitrogens with one attached hydrogen (secondary N) is 1. The number of H-pyrrole nitrogens is 1. The first kappa shape index (κ1) is 15.7. The summed E-state index contributed by atoms with van der Waals surface area (Å²) in [5.74, 6) is 0. The molecule has 0 aliphatic heterocycles. The fourth-order valence-electron chi connectivity index (χ4n) is 3.57. The van der Waals surface area contributed by atoms with Gasteiger partial charge in [0.25, 0.3) is 0 Å². The molecule has 0 spiro atoms. The van der Waals surface area contributed by atoms with E-state index in [9.17, 15) is 0 Å². The first-order chi connectivity index (χ1) is 13.4. The maximum atomic E-state index is 3.58. The van der Waals surface area contributed by atoms with E-state index >= 15 is 0 Å². The smallest absolute Gasteiger partial charge is 0.0465 e. The Labute approximate surface area is 158 Å². The topological polar surface area (TPSA) is 15.8 Å². The molecular formula is C26H19N. The van der Waals surface area contributed by atoms with Crippen LogP contribution >= 0.6 is 0 Å². The van der Waals surface area contributed by atoms with Crippen LogP contribution in [-0.2, 0) is 0 Å². The van der Waals surface area contributed by atoms with E-state index in [2.05, 4.69) is 102 Å². The number of hydrogen-bond donors (Lipinski definition) is 1. The monoisotopic (exact) mass is 345 g/mol. The molecule has 0 fully saturated rings. The van der Waals surface area contributed by atoms with Crippen molar-refractivity contribution >= 4 is 10.9 Å². The Kier molecular flexibility index (Phi) is 3.84. The second-order valence-corrected chi connectivity index (χ2v) is 6.79. The van der Waals surface area contributed by atoms with Gasteiger partial charge in [-0.1, -0.05) is 97.1 Å². The summed E-state index contributed by atoms with van der Waals surface area (Å²) in [6, 6.07) is 38.6. The highest BCUT2D eigenvalue weighted by Crippen LogP contribution is 2.29. The standard InChI is InChI=1S/C26H19N/c1-3-7-19(8-4-1)21-11-13-22(14-12-21)25-18-24-16-15-23(17-26(24)27-25)20-9-5-2-6-10-20/h1-18,27H. The van der Waals surface area contributed by atoms with Gasteiger partial charge in [0.1, 0.15) is 0 Å². The van der Waals surface area contributed by atoms with Crippen molar-refractivity contribution in [3.8, 4) is 33.5 Å². The lowest BCUT2D eigenvalue weighted by molar-refractivity contribution is 1.45. The van der Waals surface area contributed by atoms with Crippen LogP contribution in [0, 0.1) is 0 Å². The minimum Gasteiger partial charge on any atom is -0.355 e. The van der Waals surface area contributed by atoms with Gasteiger partial charge >= 0.3 is 0 Å². The predicted molar refractivity (Wildman–Crippen MR) is 115 cm³/mol. The van der Waals surface area contributed by atoms with Crippen LogP contribution in [-0.4, -0.2) is 4.98 Å². The van der Waals surface area contributed by atoms with Crippen molar-refractivity contribution in [3.05, 3.63) is 109 Å². The van der Waals surface area contributed by atoms with Gasteiger partial charge in [-0.05, 0) is 39.9 Å². The van der Waals surface area contributed by atoms with Crippen molar-refractivity contribution in [2.75, 3.05) is 0 Å². The second-order valence-electron chi connectivity index (χ2n) is 6.79. The summed E-state index contributed by atoms with van der Waals surface area (Å²) in [6.45, 7) is 0. The third-order valence-electron chi connectivity index (χ3n) is 5.03. The van der Waals surface area contributed by atoms with E-state index in [0.717, 1.165) is 5.69 Å². The minimum absolute atomic E-state index is 1.15. The van der Waals surface area contributed by atoms with E-state index in [1.54, 1.807) is 0 Å². The third kappa shape index (κ3) is 3.04. The molecule has 27 heavy (non-hydrogen) atoms. The van der Waals surface area contributed by atoms with Crippen molar-refractivity contribution in [3.63, 3.8) is 0 Å². The van der Waals surface area contributed by atoms with E-state index < -0.39 is 0 Å². The molecule has 128 valence electrons. The number of fused-ring (bicyclic) bond motifs is 1. The van der Waals surface area contributed by atoms with Crippen molar-refractivity contribution < 1.29 is 0 Å². The molecule has 1 N–H and O–H groups in total. The Bertz CT molecular complexity index is 1180. The molecule has 0 amide bonds. The van der Waals surface area contributed by atoms with Crippen LogP contribution in [0.5, 0.6) is 0 Å². The summed E-state index contributed by atoms with van der Waals surface area (Å²) < 4.78 is 0. The molecule has 0 unspecified atom stereocenters. The van der Waals surface area contributed by atoms with E-state index in [-0.39, 0.29) is 0 Å². The first-order valence-electron chi connectivity index (χ1n) is 9.21. The second kappa shape index (κ2) is 6.62. The zero-order valence-electron chi connectivity index (χ0n) is 14.9. The highest BCUT2D eigenvalue weighted by atomic mass is 14.7. The summed E-state index contributed by atoms with van der Waals surface area (Å²) in [5, 5.41) is 1.23. The number of benzene rings is 4. The number of aromatic nitrogens is 1. The molecular weight excluding hydrogens is 326 g/mol. The Morgan fingerprint density at radius 2 is 0.926 bits per heavy atom. The summed E-state index contributed by atoms with van der Waals surface area (Å²) in [6.07, 6.45) is 0. The van der Waals surface area contributed by atoms with Gasteiger partial charge in [-0.2, -0.15) is 0 Å². The largest absolute Gasteiger partial charge is 0.355 e. The fraction of sp³-hybridized carbons (Fsp3) is 0. The van der Waals surface area contributed by atoms with Crippen molar-refractivity contribution in [2.24, 2.45) is 0 Å². The molecule has 0 atom stereocenters. The van der Waals surface area contributed by atoms with Gasteiger partial charge in [0.2, 0.25) is 0 Å². The number of aromatic amines is 1. The van der Waals surface area contributed by atoms with Crippen LogP contribution in [0.15, 0.2) is 109 Å². The molecule has 0 radical (unpaired) electrons. The lowest BCUT2D eigenvalue weighted by Gasteiger charge is -2.03. The molecule has 0 saturated heterocycles. The molecule has 4 aromatic carbocycles. The Morgan fingerprint density at radius 3 is 1.59 bits per heavy atom. The van der Waals surface area contributed by atoms with Crippen LogP contribution in [0.25, 0.3) is 44.4 Å². The van der Waals surface area contributed by atoms with Gasteiger partial charge in [0, 0.05) is 16.6 Å². The molecule has 1 heterocycles. The molecule has 0 aliphatic rings. The van der Waals surface area contributed by atoms with E-state index in [1.165, 1.54) is 38.7 Å². The third-order valence-corrected chi connectivity index (χ3v) is 5.03. The molecule has 5 rings (SSSR count). The maximum absolute atomic E-state index is 3.58. The van der Waals surface area contributed by atoms with Gasteiger partial charge in [-0.25, -0.2) is 0 Å². The van der Waals surface area contributed by atoms with Crippen LogP contribution in [0.4, 0.5) is 0 Å². The molecule has 0 bridgehead atoms. The molecule has 1 nitrogen and oxygen atoms in total. The minimum atomic E-state index is 1.15. The van der Waals surface area contributed by atoms with Gasteiger partial charge in [0.15, 0.2) is 0 Å². The predicted octanol–water partition coefficient (Wildman–Crippen LogP) is 7.17. The van der Waals surface area contributed by atoms with Gasteiger partial charge in [-0.15, -0.1) is 0 Å². The summed E-state index contributed by atoms with van der Waals surface area (Å²) in [4.78, 5) is 3.58. The van der Waals surface area contributed by atoms with Crippen molar-refractivity contribution in [2.45, 2.75) is 0 Å². The zero-order valence-corrected chi connectivity index (χ0v) is 14.9. The molecule has 0 saturated carbocycles. The fourth-order valence-corrected chi connectivity index (χ4v) is 3.57. The Hall–Kier alpha value is -3.58. The summed E-state index contributed by atoms with van der Waals surface area (Å²) in [7, 11) is 0.